The van der Waals surface area contributed by atoms with Crippen LogP contribution in [0.4, 0.5) is 0 Å². The first-order chi connectivity index (χ1) is 15.7. The average Bonchev–Trinajstić information content (AvgIpc) is 2.81. The first-order valence-corrected chi connectivity index (χ1v) is 11.4. The number of rotatable bonds is 8. The Morgan fingerprint density at radius 1 is 0.939 bits per heavy atom. The van der Waals surface area contributed by atoms with E-state index in [2.05, 4.69) is 16.0 Å². The van der Waals surface area contributed by atoms with Crippen molar-refractivity contribution in [3.05, 3.63) is 65.2 Å². The molecule has 3 rings (SSSR count). The Morgan fingerprint density at radius 2 is 1.52 bits per heavy atom. The molecule has 12 heteroatoms. The Labute approximate surface area is 190 Å². The molecule has 11 nitrogen and oxygen atoms in total. The van der Waals surface area contributed by atoms with Crippen molar-refractivity contribution in [2.45, 2.75) is 11.4 Å². The van der Waals surface area contributed by atoms with Gasteiger partial charge in [0, 0.05) is 30.8 Å². The Morgan fingerprint density at radius 3 is 2.09 bits per heavy atom. The molecule has 5 N–H and O–H groups in total. The number of hydrogen-bond donors (Lipinski definition) is 4. The van der Waals surface area contributed by atoms with Crippen molar-refractivity contribution in [1.29, 1.82) is 0 Å². The number of primary amides is 1. The summed E-state index contributed by atoms with van der Waals surface area (Å²) in [4.78, 5) is 46.5. The van der Waals surface area contributed by atoms with Gasteiger partial charge in [0.25, 0.3) is 11.8 Å². The molecule has 0 bridgehead atoms. The second-order valence-corrected chi connectivity index (χ2v) is 9.18. The van der Waals surface area contributed by atoms with E-state index in [9.17, 15) is 27.6 Å². The maximum absolute atomic E-state index is 12.7. The van der Waals surface area contributed by atoms with Crippen LogP contribution in [0.2, 0.25) is 0 Å². The highest BCUT2D eigenvalue weighted by atomic mass is 32.2. The molecule has 0 radical (unpaired) electrons. The van der Waals surface area contributed by atoms with Crippen LogP contribution in [0, 0.1) is 0 Å². The molecule has 1 fully saturated rings. The third kappa shape index (κ3) is 6.14. The largest absolute Gasteiger partial charge is 0.368 e. The lowest BCUT2D eigenvalue weighted by Crippen LogP contribution is -2.49. The van der Waals surface area contributed by atoms with Gasteiger partial charge in [0.1, 0.15) is 0 Å². The van der Waals surface area contributed by atoms with Gasteiger partial charge in [0.2, 0.25) is 21.8 Å². The van der Waals surface area contributed by atoms with Gasteiger partial charge in [-0.3, -0.25) is 19.2 Å². The van der Waals surface area contributed by atoms with E-state index >= 15 is 0 Å². The van der Waals surface area contributed by atoms with Gasteiger partial charge in [-0.05, 0) is 42.0 Å². The van der Waals surface area contributed by atoms with Crippen molar-refractivity contribution in [2.24, 2.45) is 5.73 Å². The Hall–Kier alpha value is -3.77. The predicted molar refractivity (Wildman–Crippen MR) is 117 cm³/mol. The quantitative estimate of drug-likeness (QED) is 0.382. The first-order valence-electron chi connectivity index (χ1n) is 9.97. The fraction of sp³-hybridized carbons (Fsp3) is 0.238. The molecule has 0 saturated carbocycles. The van der Waals surface area contributed by atoms with Gasteiger partial charge >= 0.3 is 0 Å². The third-order valence-electron chi connectivity index (χ3n) is 4.85. The van der Waals surface area contributed by atoms with Gasteiger partial charge in [-0.2, -0.15) is 4.31 Å². The lowest BCUT2D eigenvalue weighted by atomic mass is 10.1. The summed E-state index contributed by atoms with van der Waals surface area (Å²) in [5.74, 6) is -1.85. The molecule has 0 unspecified atom stereocenters. The van der Waals surface area contributed by atoms with Crippen LogP contribution < -0.4 is 21.7 Å². The molecule has 1 saturated heterocycles. The standard InChI is InChI=1S/C21H23N5O6S/c22-18(27)12-25-21(30)15-3-1-14(2-4-15)11-24-20(29)16-5-7-17(8-6-16)33(31,32)26-10-9-23-19(28)13-26/h1-8H,9-13H2,(H2,22,27)(H,23,28)(H,24,29)(H,25,30). The number of carbonyl (C=O) groups is 4. The van der Waals surface area contributed by atoms with E-state index in [0.29, 0.717) is 5.56 Å². The number of benzene rings is 2. The lowest BCUT2D eigenvalue weighted by Gasteiger charge is -2.25. The molecule has 174 valence electrons. The molecular weight excluding hydrogens is 450 g/mol. The molecular formula is C21H23N5O6S. The smallest absolute Gasteiger partial charge is 0.251 e. The summed E-state index contributed by atoms with van der Waals surface area (Å²) in [6.07, 6.45) is 0. The molecule has 1 aliphatic rings. The summed E-state index contributed by atoms with van der Waals surface area (Å²) in [6.45, 7) is 0.116. The second-order valence-electron chi connectivity index (χ2n) is 7.24. The first kappa shape index (κ1) is 23.9. The zero-order valence-electron chi connectivity index (χ0n) is 17.5. The normalized spacial score (nSPS) is 14.2. The number of hydrogen-bond acceptors (Lipinski definition) is 6. The van der Waals surface area contributed by atoms with Crippen LogP contribution in [-0.4, -0.2) is 62.5 Å². The predicted octanol–water partition coefficient (Wildman–Crippen LogP) is -1.05. The fourth-order valence-corrected chi connectivity index (χ4v) is 4.47. The number of carbonyl (C=O) groups excluding carboxylic acids is 4. The van der Waals surface area contributed by atoms with E-state index in [0.717, 1.165) is 9.87 Å². The zero-order chi connectivity index (χ0) is 24.0. The van der Waals surface area contributed by atoms with Crippen LogP contribution in [0.1, 0.15) is 26.3 Å². The van der Waals surface area contributed by atoms with Gasteiger partial charge in [0.05, 0.1) is 18.0 Å². The summed E-state index contributed by atoms with van der Waals surface area (Å²) in [6, 6.07) is 11.9. The summed E-state index contributed by atoms with van der Waals surface area (Å²) in [5.41, 5.74) is 6.33. The van der Waals surface area contributed by atoms with Crippen LogP contribution in [0.25, 0.3) is 0 Å². The summed E-state index contributed by atoms with van der Waals surface area (Å²) in [7, 11) is -3.83. The molecule has 1 heterocycles. The van der Waals surface area contributed by atoms with Crippen LogP contribution in [0.3, 0.4) is 0 Å². The highest BCUT2D eigenvalue weighted by Crippen LogP contribution is 2.17. The highest BCUT2D eigenvalue weighted by Gasteiger charge is 2.29. The molecule has 4 amide bonds. The number of nitrogens with zero attached hydrogens (tertiary/aromatic N) is 1. The minimum absolute atomic E-state index is 0.000971. The van der Waals surface area contributed by atoms with Gasteiger partial charge in [-0.15, -0.1) is 0 Å². The summed E-state index contributed by atoms with van der Waals surface area (Å²) in [5, 5.41) is 7.67. The molecule has 33 heavy (non-hydrogen) atoms. The third-order valence-corrected chi connectivity index (χ3v) is 6.71. The van der Waals surface area contributed by atoms with Gasteiger partial charge in [0.15, 0.2) is 0 Å². The topological polar surface area (TPSA) is 168 Å². The maximum Gasteiger partial charge on any atom is 0.251 e. The van der Waals surface area contributed by atoms with Crippen molar-refractivity contribution < 1.29 is 27.6 Å². The number of piperazine rings is 1. The maximum atomic E-state index is 12.7. The SMILES string of the molecule is NC(=O)CNC(=O)c1ccc(CNC(=O)c2ccc(S(=O)(=O)N3CCNC(=O)C3)cc2)cc1. The van der Waals surface area contributed by atoms with E-state index in [-0.39, 0.29) is 49.1 Å². The van der Waals surface area contributed by atoms with Crippen molar-refractivity contribution in [1.82, 2.24) is 20.3 Å². The van der Waals surface area contributed by atoms with Crippen molar-refractivity contribution in [2.75, 3.05) is 26.2 Å². The van der Waals surface area contributed by atoms with Gasteiger partial charge in [-0.25, -0.2) is 8.42 Å². The van der Waals surface area contributed by atoms with E-state index < -0.39 is 27.7 Å². The fourth-order valence-electron chi connectivity index (χ4n) is 3.08. The lowest BCUT2D eigenvalue weighted by molar-refractivity contribution is -0.122. The van der Waals surface area contributed by atoms with Crippen LogP contribution in [0.15, 0.2) is 53.4 Å². The van der Waals surface area contributed by atoms with Crippen molar-refractivity contribution in [3.8, 4) is 0 Å². The molecule has 2 aromatic carbocycles. The van der Waals surface area contributed by atoms with Crippen LogP contribution in [-0.2, 0) is 26.2 Å². The summed E-state index contributed by atoms with van der Waals surface area (Å²) >= 11 is 0. The van der Waals surface area contributed by atoms with E-state index in [1.54, 1.807) is 24.3 Å². The molecule has 0 atom stereocenters. The average molecular weight is 474 g/mol. The zero-order valence-corrected chi connectivity index (χ0v) is 18.4. The van der Waals surface area contributed by atoms with Gasteiger partial charge in [-0.1, -0.05) is 12.1 Å². The number of amides is 4. The minimum atomic E-state index is -3.83. The minimum Gasteiger partial charge on any atom is -0.368 e. The van der Waals surface area contributed by atoms with Crippen LogP contribution >= 0.6 is 0 Å². The Balaban J connectivity index is 1.57. The van der Waals surface area contributed by atoms with Crippen molar-refractivity contribution in [3.63, 3.8) is 0 Å². The highest BCUT2D eigenvalue weighted by molar-refractivity contribution is 7.89. The number of nitrogens with two attached hydrogens (primary N) is 1. The van der Waals surface area contributed by atoms with E-state index in [4.69, 9.17) is 5.73 Å². The molecule has 2 aromatic rings. The molecule has 0 spiro atoms. The van der Waals surface area contributed by atoms with Crippen molar-refractivity contribution >= 4 is 33.7 Å². The van der Waals surface area contributed by atoms with Crippen LogP contribution in [0.5, 0.6) is 0 Å². The molecule has 1 aliphatic heterocycles. The van der Waals surface area contributed by atoms with E-state index in [1.165, 1.54) is 24.3 Å². The van der Waals surface area contributed by atoms with Gasteiger partial charge < -0.3 is 21.7 Å². The Bertz CT molecular complexity index is 1160. The Kier molecular flexibility index (Phi) is 7.41. The van der Waals surface area contributed by atoms with E-state index in [1.807, 2.05) is 0 Å². The summed E-state index contributed by atoms with van der Waals surface area (Å²) < 4.78 is 26.4. The number of sulfonamides is 1. The molecule has 0 aliphatic carbocycles. The molecule has 0 aromatic heterocycles. The monoisotopic (exact) mass is 473 g/mol. The second kappa shape index (κ2) is 10.2. The number of nitrogens with one attached hydrogen (secondary N) is 3.